The second-order valence-corrected chi connectivity index (χ2v) is 8.37. The van der Waals surface area contributed by atoms with Crippen LogP contribution in [-0.2, 0) is 22.6 Å². The smallest absolute Gasteiger partial charge is 0.249 e. The number of anilines is 1. The van der Waals surface area contributed by atoms with E-state index in [-0.39, 0.29) is 17.9 Å². The van der Waals surface area contributed by atoms with Gasteiger partial charge >= 0.3 is 0 Å². The Labute approximate surface area is 185 Å². The molecule has 0 bridgehead atoms. The number of hydrogen-bond acceptors (Lipinski definition) is 4. The van der Waals surface area contributed by atoms with Gasteiger partial charge in [-0.2, -0.15) is 0 Å². The average Bonchev–Trinajstić information content (AvgIpc) is 2.85. The van der Waals surface area contributed by atoms with Crippen LogP contribution >= 0.6 is 22.6 Å². The number of para-hydroxylation sites is 1. The zero-order chi connectivity index (χ0) is 21.0. The van der Waals surface area contributed by atoms with Gasteiger partial charge in [-0.05, 0) is 79.2 Å². The molecule has 0 fully saturated rings. The number of carbonyl (C=O) groups is 2. The molecule has 1 aliphatic rings. The molecule has 1 heterocycles. The maximum absolute atomic E-state index is 13.5. The molecule has 2 aromatic carbocycles. The third-order valence-electron chi connectivity index (χ3n) is 5.26. The molecule has 0 aromatic heterocycles. The second-order valence-electron chi connectivity index (χ2n) is 7.12. The van der Waals surface area contributed by atoms with Gasteiger partial charge in [-0.3, -0.25) is 9.59 Å². The number of amides is 2. The summed E-state index contributed by atoms with van der Waals surface area (Å²) in [6.07, 6.45) is 1.29. The lowest BCUT2D eigenvalue weighted by atomic mass is 10.1. The number of hydrogen-bond donors (Lipinski definition) is 2. The highest BCUT2D eigenvalue weighted by Crippen LogP contribution is 2.31. The summed E-state index contributed by atoms with van der Waals surface area (Å²) in [5.74, 6) is 0.459. The van der Waals surface area contributed by atoms with E-state index in [1.165, 1.54) is 0 Å². The molecule has 0 aliphatic carbocycles. The van der Waals surface area contributed by atoms with Gasteiger partial charge in [-0.1, -0.05) is 18.2 Å². The van der Waals surface area contributed by atoms with Crippen molar-refractivity contribution in [2.75, 3.05) is 19.1 Å². The lowest BCUT2D eigenvalue weighted by Gasteiger charge is -2.27. The molecule has 0 saturated carbocycles. The number of fused-ring (bicyclic) bond motifs is 1. The first-order chi connectivity index (χ1) is 13.9. The van der Waals surface area contributed by atoms with Gasteiger partial charge in [0, 0.05) is 14.8 Å². The van der Waals surface area contributed by atoms with E-state index in [2.05, 4.69) is 33.2 Å². The first-order valence-electron chi connectivity index (χ1n) is 9.64. The molecule has 0 radical (unpaired) electrons. The number of nitrogens with one attached hydrogen (secondary N) is 2. The Hall–Kier alpha value is -2.13. The van der Waals surface area contributed by atoms with E-state index in [0.29, 0.717) is 13.0 Å². The molecule has 6 nitrogen and oxygen atoms in total. The number of likely N-dealkylation sites (N-methyl/N-ethyl adjacent to an activating group) is 1. The summed E-state index contributed by atoms with van der Waals surface area (Å²) in [5, 5.41) is 5.84. The molecule has 2 amide bonds. The van der Waals surface area contributed by atoms with Gasteiger partial charge in [-0.25, -0.2) is 0 Å². The van der Waals surface area contributed by atoms with E-state index in [1.54, 1.807) is 26.0 Å². The number of nitrogens with zero attached hydrogens (tertiary/aromatic N) is 1. The van der Waals surface area contributed by atoms with Gasteiger partial charge in [0.25, 0.3) is 0 Å². The number of benzene rings is 2. The maximum atomic E-state index is 13.5. The lowest BCUT2D eigenvalue weighted by molar-refractivity contribution is -0.128. The van der Waals surface area contributed by atoms with Crippen molar-refractivity contribution in [2.45, 2.75) is 38.4 Å². The van der Waals surface area contributed by atoms with E-state index in [0.717, 1.165) is 32.6 Å². The van der Waals surface area contributed by atoms with Crippen molar-refractivity contribution in [3.63, 3.8) is 0 Å². The molecule has 0 saturated heterocycles. The molecule has 2 N–H and O–H groups in total. The van der Waals surface area contributed by atoms with Crippen LogP contribution < -0.4 is 20.3 Å². The number of aryl methyl sites for hydroxylation is 1. The molecule has 0 unspecified atom stereocenters. The Bertz CT molecular complexity index is 903. The third kappa shape index (κ3) is 4.90. The van der Waals surface area contributed by atoms with Crippen molar-refractivity contribution in [1.82, 2.24) is 10.6 Å². The topological polar surface area (TPSA) is 70.7 Å². The Morgan fingerprint density at radius 3 is 2.79 bits per heavy atom. The van der Waals surface area contributed by atoms with E-state index < -0.39 is 6.04 Å². The fourth-order valence-electron chi connectivity index (χ4n) is 3.48. The van der Waals surface area contributed by atoms with Crippen LogP contribution in [0.25, 0.3) is 0 Å². The van der Waals surface area contributed by atoms with Crippen LogP contribution in [0.5, 0.6) is 5.75 Å². The highest BCUT2D eigenvalue weighted by atomic mass is 127. The lowest BCUT2D eigenvalue weighted by Crippen LogP contribution is -2.52. The summed E-state index contributed by atoms with van der Waals surface area (Å²) in [4.78, 5) is 27.7. The number of methoxy groups -OCH3 is 1. The SMILES string of the molecule is CN[C@@H](C)C(=O)N[C@H]1CCc2ccccc2N(Cc2cc(I)ccc2OC)C1=O. The summed E-state index contributed by atoms with van der Waals surface area (Å²) in [5.41, 5.74) is 2.92. The van der Waals surface area contributed by atoms with E-state index >= 15 is 0 Å². The Kier molecular flexibility index (Phi) is 7.13. The van der Waals surface area contributed by atoms with Crippen LogP contribution in [0.3, 0.4) is 0 Å². The van der Waals surface area contributed by atoms with Crippen molar-refractivity contribution in [3.8, 4) is 5.75 Å². The molecule has 2 aromatic rings. The van der Waals surface area contributed by atoms with E-state index in [9.17, 15) is 9.59 Å². The van der Waals surface area contributed by atoms with Crippen molar-refractivity contribution in [3.05, 3.63) is 57.2 Å². The zero-order valence-corrected chi connectivity index (χ0v) is 19.0. The maximum Gasteiger partial charge on any atom is 0.249 e. The van der Waals surface area contributed by atoms with E-state index in [4.69, 9.17) is 4.74 Å². The standard InChI is InChI=1S/C22H26IN3O3/c1-14(24-2)21(27)25-18-10-8-15-6-4-5-7-19(15)26(22(18)28)13-16-12-17(23)9-11-20(16)29-3/h4-7,9,11-12,14,18,24H,8,10,13H2,1-3H3,(H,25,27)/t14-,18-/m0/s1. The van der Waals surface area contributed by atoms with Crippen LogP contribution in [0.15, 0.2) is 42.5 Å². The first-order valence-corrected chi connectivity index (χ1v) is 10.7. The predicted molar refractivity (Wildman–Crippen MR) is 122 cm³/mol. The van der Waals surface area contributed by atoms with Crippen LogP contribution in [0.2, 0.25) is 0 Å². The van der Waals surface area contributed by atoms with Gasteiger partial charge < -0.3 is 20.3 Å². The highest BCUT2D eigenvalue weighted by Gasteiger charge is 2.32. The Morgan fingerprint density at radius 2 is 2.07 bits per heavy atom. The second kappa shape index (κ2) is 9.58. The van der Waals surface area contributed by atoms with Gasteiger partial charge in [0.05, 0.1) is 19.7 Å². The predicted octanol–water partition coefficient (Wildman–Crippen LogP) is 2.87. The molecule has 3 rings (SSSR count). The quantitative estimate of drug-likeness (QED) is 0.591. The summed E-state index contributed by atoms with van der Waals surface area (Å²) < 4.78 is 6.59. The minimum atomic E-state index is -0.570. The van der Waals surface area contributed by atoms with Gasteiger partial charge in [-0.15, -0.1) is 0 Å². The minimum absolute atomic E-state index is 0.104. The molecule has 29 heavy (non-hydrogen) atoms. The highest BCUT2D eigenvalue weighted by molar-refractivity contribution is 14.1. The zero-order valence-electron chi connectivity index (χ0n) is 16.9. The van der Waals surface area contributed by atoms with Gasteiger partial charge in [0.2, 0.25) is 11.8 Å². The van der Waals surface area contributed by atoms with E-state index in [1.807, 2.05) is 42.5 Å². The molecule has 154 valence electrons. The van der Waals surface area contributed by atoms with Crippen molar-refractivity contribution in [2.24, 2.45) is 0 Å². The van der Waals surface area contributed by atoms with Crippen LogP contribution in [0.1, 0.15) is 24.5 Å². The Balaban J connectivity index is 1.96. The summed E-state index contributed by atoms with van der Waals surface area (Å²) in [7, 11) is 3.36. The van der Waals surface area contributed by atoms with Crippen molar-refractivity contribution >= 4 is 40.1 Å². The molecule has 1 aliphatic heterocycles. The van der Waals surface area contributed by atoms with Gasteiger partial charge in [0.15, 0.2) is 0 Å². The Morgan fingerprint density at radius 1 is 1.31 bits per heavy atom. The monoisotopic (exact) mass is 507 g/mol. The largest absolute Gasteiger partial charge is 0.496 e. The fraction of sp³-hybridized carbons (Fsp3) is 0.364. The summed E-state index contributed by atoms with van der Waals surface area (Å²) >= 11 is 2.25. The molecular formula is C22H26IN3O3. The fourth-order valence-corrected chi connectivity index (χ4v) is 4.04. The molecule has 0 spiro atoms. The van der Waals surface area contributed by atoms with Crippen molar-refractivity contribution < 1.29 is 14.3 Å². The average molecular weight is 507 g/mol. The molecule has 7 heteroatoms. The number of carbonyl (C=O) groups excluding carboxylic acids is 2. The summed E-state index contributed by atoms with van der Waals surface area (Å²) in [6.45, 7) is 2.16. The third-order valence-corrected chi connectivity index (χ3v) is 5.93. The number of ether oxygens (including phenoxy) is 1. The van der Waals surface area contributed by atoms with Crippen molar-refractivity contribution in [1.29, 1.82) is 0 Å². The summed E-state index contributed by atoms with van der Waals surface area (Å²) in [6, 6.07) is 12.9. The normalized spacial score (nSPS) is 17.3. The van der Waals surface area contributed by atoms with Crippen LogP contribution in [0, 0.1) is 3.57 Å². The van der Waals surface area contributed by atoms with Gasteiger partial charge in [0.1, 0.15) is 11.8 Å². The van der Waals surface area contributed by atoms with Crippen LogP contribution in [-0.4, -0.2) is 38.1 Å². The van der Waals surface area contributed by atoms with Crippen LogP contribution in [0.4, 0.5) is 5.69 Å². The molecular weight excluding hydrogens is 481 g/mol. The minimum Gasteiger partial charge on any atom is -0.496 e. The number of rotatable bonds is 6. The molecule has 2 atom stereocenters. The number of halogens is 1. The first kappa shape index (κ1) is 21.6.